The lowest BCUT2D eigenvalue weighted by molar-refractivity contribution is -0.142. The van der Waals surface area contributed by atoms with Crippen LogP contribution >= 0.6 is 11.8 Å². The van der Waals surface area contributed by atoms with E-state index in [1.807, 2.05) is 6.07 Å². The number of rotatable bonds is 6. The number of hydrogen-bond donors (Lipinski definition) is 0. The van der Waals surface area contributed by atoms with E-state index in [-0.39, 0.29) is 6.61 Å². The molecule has 1 aromatic carbocycles. The average molecular weight is 267 g/mol. The first kappa shape index (κ1) is 14.2. The fourth-order valence-corrected chi connectivity index (χ4v) is 1.84. The fourth-order valence-electron chi connectivity index (χ4n) is 1.15. The molecule has 0 aromatic heterocycles. The highest BCUT2D eigenvalue weighted by Crippen LogP contribution is 2.32. The number of carbonyl (C=O) groups is 1. The van der Waals surface area contributed by atoms with Gasteiger partial charge in [-0.1, -0.05) is 0 Å². The molecule has 0 aliphatic rings. The highest BCUT2D eigenvalue weighted by Gasteiger charge is 2.09. The molecule has 0 saturated carbocycles. The van der Waals surface area contributed by atoms with Crippen LogP contribution in [-0.2, 0) is 9.53 Å². The Morgan fingerprint density at radius 2 is 2.22 bits per heavy atom. The summed E-state index contributed by atoms with van der Waals surface area (Å²) in [5, 5.41) is 8.58. The molecule has 0 aliphatic heterocycles. The van der Waals surface area contributed by atoms with Gasteiger partial charge in [-0.05, 0) is 18.2 Å². The number of nitriles is 1. The summed E-state index contributed by atoms with van der Waals surface area (Å²) in [6.45, 7) is -0.164. The molecule has 0 bridgehead atoms. The number of methoxy groups -OCH3 is 2. The van der Waals surface area contributed by atoms with Gasteiger partial charge in [0, 0.05) is 0 Å². The van der Waals surface area contributed by atoms with Gasteiger partial charge >= 0.3 is 5.97 Å². The van der Waals surface area contributed by atoms with Crippen molar-refractivity contribution in [1.82, 2.24) is 0 Å². The molecule has 96 valence electrons. The highest BCUT2D eigenvalue weighted by atomic mass is 32.2. The Bertz CT molecular complexity index is 456. The predicted octanol–water partition coefficient (Wildman–Crippen LogP) is 1.86. The number of hydrogen-bond acceptors (Lipinski definition) is 6. The van der Waals surface area contributed by atoms with E-state index in [9.17, 15) is 4.79 Å². The molecule has 1 aromatic rings. The molecule has 5 nitrogen and oxygen atoms in total. The van der Waals surface area contributed by atoms with Crippen molar-refractivity contribution in [2.45, 2.75) is 4.90 Å². The van der Waals surface area contributed by atoms with Crippen molar-refractivity contribution >= 4 is 17.7 Å². The van der Waals surface area contributed by atoms with E-state index in [0.717, 1.165) is 4.90 Å². The zero-order valence-electron chi connectivity index (χ0n) is 10.1. The minimum Gasteiger partial charge on any atom is -0.497 e. The zero-order valence-corrected chi connectivity index (χ0v) is 11.0. The molecule has 18 heavy (non-hydrogen) atoms. The first-order chi connectivity index (χ1) is 8.71. The lowest BCUT2D eigenvalue weighted by Gasteiger charge is -2.10. The minimum atomic E-state index is -0.456. The number of esters is 1. The van der Waals surface area contributed by atoms with Gasteiger partial charge in [-0.15, -0.1) is 11.8 Å². The van der Waals surface area contributed by atoms with Crippen LogP contribution in [0.3, 0.4) is 0 Å². The number of carbonyl (C=O) groups excluding carboxylic acids is 1. The van der Waals surface area contributed by atoms with Gasteiger partial charge in [-0.3, -0.25) is 0 Å². The number of nitrogens with zero attached hydrogens (tertiary/aromatic N) is 1. The molecular formula is C12H13NO4S. The number of thioether (sulfide) groups is 1. The first-order valence-corrected chi connectivity index (χ1v) is 6.07. The molecule has 1 rings (SSSR count). The van der Waals surface area contributed by atoms with Gasteiger partial charge in [-0.2, -0.15) is 5.26 Å². The first-order valence-electron chi connectivity index (χ1n) is 5.08. The molecule has 6 heteroatoms. The Balaban J connectivity index is 2.81. The van der Waals surface area contributed by atoms with Gasteiger partial charge in [0.25, 0.3) is 0 Å². The van der Waals surface area contributed by atoms with Crippen molar-refractivity contribution in [3.8, 4) is 17.6 Å². The zero-order chi connectivity index (χ0) is 13.4. The maximum atomic E-state index is 11.0. The van der Waals surface area contributed by atoms with Crippen LogP contribution in [0.2, 0.25) is 0 Å². The van der Waals surface area contributed by atoms with Gasteiger partial charge in [0.1, 0.15) is 11.5 Å². The molecule has 0 radical (unpaired) electrons. The van der Waals surface area contributed by atoms with E-state index in [1.54, 1.807) is 25.3 Å². The summed E-state index contributed by atoms with van der Waals surface area (Å²) in [5.41, 5.74) is 0. The molecule has 0 unspecified atom stereocenters. The van der Waals surface area contributed by atoms with E-state index >= 15 is 0 Å². The molecule has 0 saturated heterocycles. The average Bonchev–Trinajstić information content (AvgIpc) is 2.42. The van der Waals surface area contributed by atoms with E-state index in [4.69, 9.17) is 14.7 Å². The van der Waals surface area contributed by atoms with Gasteiger partial charge in [0.2, 0.25) is 0 Å². The molecule has 0 atom stereocenters. The Labute approximate surface area is 110 Å². The molecule has 0 amide bonds. The van der Waals surface area contributed by atoms with Crippen molar-refractivity contribution in [2.75, 3.05) is 26.6 Å². The van der Waals surface area contributed by atoms with Gasteiger partial charge < -0.3 is 14.2 Å². The third-order valence-electron chi connectivity index (χ3n) is 2.02. The maximum Gasteiger partial charge on any atom is 0.343 e. The largest absolute Gasteiger partial charge is 0.497 e. The van der Waals surface area contributed by atoms with E-state index in [0.29, 0.717) is 17.3 Å². The van der Waals surface area contributed by atoms with E-state index < -0.39 is 5.97 Å². The van der Waals surface area contributed by atoms with Crippen LogP contribution in [0.1, 0.15) is 0 Å². The highest BCUT2D eigenvalue weighted by molar-refractivity contribution is 7.99. The Kier molecular flexibility index (Phi) is 5.88. The molecule has 0 N–H and O–H groups in total. The Hall–Kier alpha value is -1.87. The fraction of sp³-hybridized carbons (Fsp3) is 0.333. The van der Waals surface area contributed by atoms with Crippen molar-refractivity contribution in [2.24, 2.45) is 0 Å². The monoisotopic (exact) mass is 267 g/mol. The standard InChI is InChI=1S/C12H13NO4S/c1-15-9-3-4-10(17-8-12(14)16-2)11(7-9)18-6-5-13/h3-4,7H,6,8H2,1-2H3. The smallest absolute Gasteiger partial charge is 0.343 e. The molecule has 0 fully saturated rings. The summed E-state index contributed by atoms with van der Waals surface area (Å²) in [4.78, 5) is 11.8. The minimum absolute atomic E-state index is 0.164. The summed E-state index contributed by atoms with van der Waals surface area (Å²) in [6.07, 6.45) is 0. The van der Waals surface area contributed by atoms with Crippen molar-refractivity contribution in [1.29, 1.82) is 5.26 Å². The topological polar surface area (TPSA) is 68.6 Å². The summed E-state index contributed by atoms with van der Waals surface area (Å²) in [6, 6.07) is 7.21. The number of benzene rings is 1. The van der Waals surface area contributed by atoms with Crippen LogP contribution in [0.4, 0.5) is 0 Å². The predicted molar refractivity (Wildman–Crippen MR) is 66.8 cm³/mol. The van der Waals surface area contributed by atoms with Crippen molar-refractivity contribution in [3.63, 3.8) is 0 Å². The quantitative estimate of drug-likeness (QED) is 0.579. The van der Waals surface area contributed by atoms with E-state index in [2.05, 4.69) is 4.74 Å². The second-order valence-corrected chi connectivity index (χ2v) is 4.14. The lowest BCUT2D eigenvalue weighted by atomic mass is 10.3. The van der Waals surface area contributed by atoms with E-state index in [1.165, 1.54) is 18.9 Å². The third kappa shape index (κ3) is 4.18. The second-order valence-electron chi connectivity index (χ2n) is 3.12. The SMILES string of the molecule is COC(=O)COc1ccc(OC)cc1SCC#N. The summed E-state index contributed by atoms with van der Waals surface area (Å²) >= 11 is 1.32. The summed E-state index contributed by atoms with van der Waals surface area (Å²) < 4.78 is 14.9. The van der Waals surface area contributed by atoms with Crippen LogP contribution in [0.5, 0.6) is 11.5 Å². The van der Waals surface area contributed by atoms with Crippen LogP contribution in [0.15, 0.2) is 23.1 Å². The van der Waals surface area contributed by atoms with Crippen molar-refractivity contribution < 1.29 is 19.0 Å². The lowest BCUT2D eigenvalue weighted by Crippen LogP contribution is -2.12. The van der Waals surface area contributed by atoms with Crippen LogP contribution in [0.25, 0.3) is 0 Å². The van der Waals surface area contributed by atoms with Crippen LogP contribution in [-0.4, -0.2) is 32.5 Å². The van der Waals surface area contributed by atoms with Gasteiger partial charge in [0.05, 0.1) is 30.9 Å². The van der Waals surface area contributed by atoms with Gasteiger partial charge in [0.15, 0.2) is 6.61 Å². The third-order valence-corrected chi connectivity index (χ3v) is 2.92. The summed E-state index contributed by atoms with van der Waals surface area (Å²) in [7, 11) is 2.86. The Morgan fingerprint density at radius 1 is 1.44 bits per heavy atom. The normalized spacial score (nSPS) is 9.39. The maximum absolute atomic E-state index is 11.0. The molecular weight excluding hydrogens is 254 g/mol. The molecule has 0 aliphatic carbocycles. The number of ether oxygens (including phenoxy) is 3. The van der Waals surface area contributed by atoms with Gasteiger partial charge in [-0.25, -0.2) is 4.79 Å². The second kappa shape index (κ2) is 7.45. The van der Waals surface area contributed by atoms with Crippen LogP contribution < -0.4 is 9.47 Å². The molecule has 0 spiro atoms. The van der Waals surface area contributed by atoms with Crippen LogP contribution in [0, 0.1) is 11.3 Å². The molecule has 0 heterocycles. The summed E-state index contributed by atoms with van der Waals surface area (Å²) in [5.74, 6) is 1.03. The Morgan fingerprint density at radius 3 is 2.83 bits per heavy atom. The van der Waals surface area contributed by atoms with Crippen molar-refractivity contribution in [3.05, 3.63) is 18.2 Å².